The van der Waals surface area contributed by atoms with E-state index in [0.29, 0.717) is 19.3 Å². The molecule has 6 heteroatoms. The number of allylic oxidation sites excluding steroid dienone is 6. The van der Waals surface area contributed by atoms with E-state index >= 15 is 0 Å². The lowest BCUT2D eigenvalue weighted by atomic mass is 10.0. The average molecular weight is 899 g/mol. The predicted octanol–water partition coefficient (Wildman–Crippen LogP) is 18.5. The van der Waals surface area contributed by atoms with Gasteiger partial charge in [-0.1, -0.05) is 243 Å². The van der Waals surface area contributed by atoms with Crippen LogP contribution in [0.3, 0.4) is 0 Å². The third kappa shape index (κ3) is 50.6. The predicted molar refractivity (Wildman–Crippen MR) is 275 cm³/mol. The number of hydrogen-bond acceptors (Lipinski definition) is 6. The molecule has 0 aliphatic rings. The molecular formula is C58H106O6. The fourth-order valence-electron chi connectivity index (χ4n) is 8.12. The first-order valence-corrected chi connectivity index (χ1v) is 28.0. The Labute approximate surface area is 397 Å². The number of rotatable bonds is 51. The van der Waals surface area contributed by atoms with Crippen LogP contribution in [0.5, 0.6) is 0 Å². The maximum atomic E-state index is 12.8. The Morgan fingerprint density at radius 1 is 0.312 bits per heavy atom. The molecule has 0 fully saturated rings. The van der Waals surface area contributed by atoms with E-state index in [1.165, 1.54) is 173 Å². The Balaban J connectivity index is 4.28. The molecule has 0 N–H and O–H groups in total. The molecule has 0 aromatic carbocycles. The van der Waals surface area contributed by atoms with E-state index in [1.54, 1.807) is 0 Å². The Kier molecular flexibility index (Phi) is 51.3. The minimum atomic E-state index is -0.776. The van der Waals surface area contributed by atoms with Gasteiger partial charge < -0.3 is 14.2 Å². The highest BCUT2D eigenvalue weighted by Crippen LogP contribution is 2.16. The second kappa shape index (κ2) is 53.2. The van der Waals surface area contributed by atoms with Crippen molar-refractivity contribution in [3.05, 3.63) is 36.5 Å². The number of esters is 3. The lowest BCUT2D eigenvalue weighted by Gasteiger charge is -2.18. The minimum Gasteiger partial charge on any atom is -0.462 e. The van der Waals surface area contributed by atoms with Crippen LogP contribution in [0.15, 0.2) is 36.5 Å². The molecule has 0 aliphatic heterocycles. The molecule has 0 saturated carbocycles. The first kappa shape index (κ1) is 61.6. The van der Waals surface area contributed by atoms with Crippen molar-refractivity contribution in [3.8, 4) is 0 Å². The molecule has 0 rings (SSSR count). The van der Waals surface area contributed by atoms with Gasteiger partial charge in [0, 0.05) is 19.3 Å². The second-order valence-electron chi connectivity index (χ2n) is 18.8. The highest BCUT2D eigenvalue weighted by Gasteiger charge is 2.19. The number of ether oxygens (including phenoxy) is 3. The summed E-state index contributed by atoms with van der Waals surface area (Å²) in [4.78, 5) is 38.0. The van der Waals surface area contributed by atoms with Gasteiger partial charge in [0.05, 0.1) is 0 Å². The van der Waals surface area contributed by atoms with E-state index in [2.05, 4.69) is 57.2 Å². The van der Waals surface area contributed by atoms with Crippen molar-refractivity contribution in [2.75, 3.05) is 13.2 Å². The molecule has 0 saturated heterocycles. The van der Waals surface area contributed by atoms with Crippen LogP contribution in [0.4, 0.5) is 0 Å². The molecule has 0 spiro atoms. The van der Waals surface area contributed by atoms with Gasteiger partial charge in [-0.3, -0.25) is 14.4 Å². The van der Waals surface area contributed by atoms with Crippen LogP contribution in [-0.4, -0.2) is 37.2 Å². The van der Waals surface area contributed by atoms with Gasteiger partial charge in [0.1, 0.15) is 13.2 Å². The SMILES string of the molecule is CCC/C=C\CCCCCCCC(=O)OCC(COC(=O)CCCCCCCCCCCCCCCCCCCCC)OC(=O)CCCCCCCCC/C=C\C/C=C\CCCCC. The van der Waals surface area contributed by atoms with Gasteiger partial charge in [-0.2, -0.15) is 0 Å². The molecule has 374 valence electrons. The van der Waals surface area contributed by atoms with Gasteiger partial charge in [0.25, 0.3) is 0 Å². The lowest BCUT2D eigenvalue weighted by Crippen LogP contribution is -2.30. The average Bonchev–Trinajstić information content (AvgIpc) is 3.29. The summed E-state index contributed by atoms with van der Waals surface area (Å²) in [6.07, 6.45) is 62.8. The van der Waals surface area contributed by atoms with Gasteiger partial charge >= 0.3 is 17.9 Å². The van der Waals surface area contributed by atoms with E-state index in [0.717, 1.165) is 83.5 Å². The van der Waals surface area contributed by atoms with Gasteiger partial charge in [0.2, 0.25) is 0 Å². The summed E-state index contributed by atoms with van der Waals surface area (Å²) in [6.45, 7) is 6.57. The zero-order valence-electron chi connectivity index (χ0n) is 42.8. The summed E-state index contributed by atoms with van der Waals surface area (Å²) < 4.78 is 16.8. The molecule has 0 aromatic rings. The van der Waals surface area contributed by atoms with Crippen molar-refractivity contribution in [2.45, 2.75) is 303 Å². The van der Waals surface area contributed by atoms with Gasteiger partial charge in [-0.15, -0.1) is 0 Å². The number of unbranched alkanes of at least 4 members (excludes halogenated alkanes) is 34. The van der Waals surface area contributed by atoms with Crippen LogP contribution in [0.25, 0.3) is 0 Å². The summed E-state index contributed by atoms with van der Waals surface area (Å²) in [5.74, 6) is -0.880. The summed E-state index contributed by atoms with van der Waals surface area (Å²) in [5, 5.41) is 0. The van der Waals surface area contributed by atoms with Crippen LogP contribution < -0.4 is 0 Å². The van der Waals surface area contributed by atoms with Crippen molar-refractivity contribution >= 4 is 17.9 Å². The summed E-state index contributed by atoms with van der Waals surface area (Å²) >= 11 is 0. The summed E-state index contributed by atoms with van der Waals surface area (Å²) in [6, 6.07) is 0. The van der Waals surface area contributed by atoms with Crippen molar-refractivity contribution in [3.63, 3.8) is 0 Å². The second-order valence-corrected chi connectivity index (χ2v) is 18.8. The molecule has 0 radical (unpaired) electrons. The lowest BCUT2D eigenvalue weighted by molar-refractivity contribution is -0.167. The molecule has 0 heterocycles. The maximum absolute atomic E-state index is 12.8. The smallest absolute Gasteiger partial charge is 0.306 e. The molecule has 0 aliphatic carbocycles. The number of carbonyl (C=O) groups is 3. The van der Waals surface area contributed by atoms with Crippen molar-refractivity contribution in [2.24, 2.45) is 0 Å². The summed E-state index contributed by atoms with van der Waals surface area (Å²) in [7, 11) is 0. The third-order valence-electron chi connectivity index (χ3n) is 12.3. The monoisotopic (exact) mass is 899 g/mol. The molecule has 1 atom stereocenters. The van der Waals surface area contributed by atoms with Crippen LogP contribution in [0.2, 0.25) is 0 Å². The van der Waals surface area contributed by atoms with Crippen LogP contribution in [0, 0.1) is 0 Å². The van der Waals surface area contributed by atoms with Crippen molar-refractivity contribution < 1.29 is 28.6 Å². The third-order valence-corrected chi connectivity index (χ3v) is 12.3. The number of hydrogen-bond donors (Lipinski definition) is 0. The highest BCUT2D eigenvalue weighted by atomic mass is 16.6. The Morgan fingerprint density at radius 2 is 0.594 bits per heavy atom. The quantitative estimate of drug-likeness (QED) is 0.0262. The molecular weight excluding hydrogens is 793 g/mol. The van der Waals surface area contributed by atoms with Crippen LogP contribution in [0.1, 0.15) is 297 Å². The fraction of sp³-hybridized carbons (Fsp3) is 0.845. The molecule has 0 bridgehead atoms. The Morgan fingerprint density at radius 3 is 0.969 bits per heavy atom. The fourth-order valence-corrected chi connectivity index (χ4v) is 8.12. The topological polar surface area (TPSA) is 78.9 Å². The first-order valence-electron chi connectivity index (χ1n) is 28.0. The van der Waals surface area contributed by atoms with Crippen molar-refractivity contribution in [1.82, 2.24) is 0 Å². The van der Waals surface area contributed by atoms with E-state index in [-0.39, 0.29) is 31.1 Å². The molecule has 0 aromatic heterocycles. The highest BCUT2D eigenvalue weighted by molar-refractivity contribution is 5.71. The Hall–Kier alpha value is -2.37. The zero-order chi connectivity index (χ0) is 46.5. The molecule has 0 amide bonds. The molecule has 1 unspecified atom stereocenters. The van der Waals surface area contributed by atoms with Gasteiger partial charge in [-0.25, -0.2) is 0 Å². The van der Waals surface area contributed by atoms with E-state index in [1.807, 2.05) is 0 Å². The maximum Gasteiger partial charge on any atom is 0.306 e. The largest absolute Gasteiger partial charge is 0.462 e. The van der Waals surface area contributed by atoms with E-state index < -0.39 is 6.10 Å². The normalized spacial score (nSPS) is 12.2. The molecule has 6 nitrogen and oxygen atoms in total. The van der Waals surface area contributed by atoms with E-state index in [4.69, 9.17) is 14.2 Å². The van der Waals surface area contributed by atoms with Crippen molar-refractivity contribution in [1.29, 1.82) is 0 Å². The minimum absolute atomic E-state index is 0.0748. The number of carbonyl (C=O) groups excluding carboxylic acids is 3. The zero-order valence-corrected chi connectivity index (χ0v) is 42.8. The van der Waals surface area contributed by atoms with Gasteiger partial charge in [0.15, 0.2) is 6.10 Å². The van der Waals surface area contributed by atoms with Gasteiger partial charge in [-0.05, 0) is 70.6 Å². The standard InChI is InChI=1S/C58H106O6/c1-4-7-10-13-16-19-22-24-26-28-29-31-32-34-36-39-42-45-48-51-57(60)63-54-55(53-62-56(59)50-47-44-41-38-21-18-15-12-9-6-3)64-58(61)52-49-46-43-40-37-35-33-30-27-25-23-20-17-14-11-8-5-2/h12,15,17,20,25,27,55H,4-11,13-14,16,18-19,21-24,26,28-54H2,1-3H3/b15-12-,20-17-,27-25-. The Bertz CT molecular complexity index is 1080. The summed E-state index contributed by atoms with van der Waals surface area (Å²) in [5.41, 5.74) is 0. The van der Waals surface area contributed by atoms with Crippen LogP contribution in [-0.2, 0) is 28.6 Å². The molecule has 64 heavy (non-hydrogen) atoms. The van der Waals surface area contributed by atoms with Crippen LogP contribution >= 0.6 is 0 Å². The van der Waals surface area contributed by atoms with E-state index in [9.17, 15) is 14.4 Å². The first-order chi connectivity index (χ1) is 31.5.